The maximum absolute atomic E-state index is 12.0. The van der Waals surface area contributed by atoms with Crippen LogP contribution in [-0.4, -0.2) is 19.6 Å². The maximum atomic E-state index is 12.0. The van der Waals surface area contributed by atoms with Gasteiger partial charge in [0, 0.05) is 6.04 Å². The van der Waals surface area contributed by atoms with Gasteiger partial charge in [-0.25, -0.2) is 14.2 Å². The molecule has 0 aliphatic rings. The topological polar surface area (TPSA) is 100 Å². The highest BCUT2D eigenvalue weighted by molar-refractivity contribution is 5.33. The molecular formula is C16H22N4O3. The fourth-order valence-corrected chi connectivity index (χ4v) is 2.33. The van der Waals surface area contributed by atoms with Crippen LogP contribution < -0.4 is 16.7 Å². The summed E-state index contributed by atoms with van der Waals surface area (Å²) in [4.78, 5) is 30.3. The number of nitrogens with one attached hydrogen (secondary N) is 2. The first kappa shape index (κ1) is 17.0. The average molecular weight is 318 g/mol. The Kier molecular flexibility index (Phi) is 5.00. The molecule has 1 aromatic heterocycles. The largest absolute Gasteiger partial charge is 0.389 e. The first-order valence-electron chi connectivity index (χ1n) is 7.57. The summed E-state index contributed by atoms with van der Waals surface area (Å²) in [5, 5.41) is 12.7. The third-order valence-electron chi connectivity index (χ3n) is 3.62. The molecule has 0 aliphatic heterocycles. The van der Waals surface area contributed by atoms with E-state index in [2.05, 4.69) is 15.3 Å². The van der Waals surface area contributed by atoms with E-state index in [-0.39, 0.29) is 18.0 Å². The Morgan fingerprint density at radius 2 is 1.83 bits per heavy atom. The van der Waals surface area contributed by atoms with Gasteiger partial charge in [0.1, 0.15) is 0 Å². The molecule has 124 valence electrons. The van der Waals surface area contributed by atoms with Gasteiger partial charge in [0.2, 0.25) is 5.95 Å². The summed E-state index contributed by atoms with van der Waals surface area (Å²) in [5.74, 6) is 0.131. The van der Waals surface area contributed by atoms with Gasteiger partial charge in [-0.05, 0) is 38.8 Å². The van der Waals surface area contributed by atoms with Crippen molar-refractivity contribution in [2.45, 2.75) is 45.9 Å². The lowest BCUT2D eigenvalue weighted by Crippen LogP contribution is -2.39. The number of hydrogen-bond donors (Lipinski definition) is 3. The fourth-order valence-electron chi connectivity index (χ4n) is 2.33. The average Bonchev–Trinajstić information content (AvgIpc) is 2.46. The Bertz CT molecular complexity index is 761. The molecular weight excluding hydrogens is 296 g/mol. The Morgan fingerprint density at radius 1 is 1.17 bits per heavy atom. The number of H-pyrrole nitrogens is 1. The van der Waals surface area contributed by atoms with Crippen LogP contribution in [0.3, 0.4) is 0 Å². The molecule has 0 aliphatic carbocycles. The van der Waals surface area contributed by atoms with Crippen LogP contribution in [0, 0.1) is 0 Å². The van der Waals surface area contributed by atoms with E-state index < -0.39 is 17.5 Å². The summed E-state index contributed by atoms with van der Waals surface area (Å²) in [5.41, 5.74) is 0.635. The maximum Gasteiger partial charge on any atom is 0.355 e. The van der Waals surface area contributed by atoms with Crippen molar-refractivity contribution in [3.05, 3.63) is 56.4 Å². The van der Waals surface area contributed by atoms with Crippen LogP contribution in [0.2, 0.25) is 0 Å². The molecule has 7 nitrogen and oxygen atoms in total. The molecule has 0 amide bonds. The normalized spacial score (nSPS) is 13.8. The van der Waals surface area contributed by atoms with Gasteiger partial charge < -0.3 is 10.4 Å². The van der Waals surface area contributed by atoms with E-state index in [1.165, 1.54) is 0 Å². The Morgan fingerprint density at radius 3 is 2.39 bits per heavy atom. The molecule has 23 heavy (non-hydrogen) atoms. The molecule has 0 spiro atoms. The lowest BCUT2D eigenvalue weighted by Gasteiger charge is -2.17. The van der Waals surface area contributed by atoms with Gasteiger partial charge in [0.05, 0.1) is 12.1 Å². The van der Waals surface area contributed by atoms with Crippen molar-refractivity contribution in [3.63, 3.8) is 0 Å². The minimum atomic E-state index is -0.587. The van der Waals surface area contributed by atoms with E-state index >= 15 is 0 Å². The zero-order chi connectivity index (χ0) is 17.1. The molecule has 1 aromatic carbocycles. The third kappa shape index (κ3) is 3.87. The van der Waals surface area contributed by atoms with Crippen LogP contribution in [0.4, 0.5) is 5.95 Å². The van der Waals surface area contributed by atoms with Gasteiger partial charge >= 0.3 is 11.4 Å². The van der Waals surface area contributed by atoms with Crippen molar-refractivity contribution < 1.29 is 5.11 Å². The summed E-state index contributed by atoms with van der Waals surface area (Å²) in [6, 6.07) is 7.01. The van der Waals surface area contributed by atoms with Gasteiger partial charge in [0.15, 0.2) is 0 Å². The van der Waals surface area contributed by atoms with Crippen molar-refractivity contribution in [3.8, 4) is 0 Å². The lowest BCUT2D eigenvalue weighted by atomic mass is 10.0. The number of aromatic amines is 1. The summed E-state index contributed by atoms with van der Waals surface area (Å²) in [6.07, 6.45) is -0.560. The molecule has 0 fully saturated rings. The van der Waals surface area contributed by atoms with Crippen molar-refractivity contribution in [2.24, 2.45) is 0 Å². The Balaban J connectivity index is 2.27. The van der Waals surface area contributed by atoms with Gasteiger partial charge in [0.25, 0.3) is 0 Å². The predicted octanol–water partition coefficient (Wildman–Crippen LogP) is 1.74. The predicted molar refractivity (Wildman–Crippen MR) is 88.6 cm³/mol. The van der Waals surface area contributed by atoms with Crippen LogP contribution in [0.15, 0.2) is 33.9 Å². The molecule has 2 atom stereocenters. The van der Waals surface area contributed by atoms with Gasteiger partial charge in [-0.2, -0.15) is 4.98 Å². The molecule has 0 unspecified atom stereocenters. The first-order chi connectivity index (χ1) is 10.8. The number of benzene rings is 1. The minimum absolute atomic E-state index is 0.131. The zero-order valence-corrected chi connectivity index (χ0v) is 13.7. The van der Waals surface area contributed by atoms with E-state index in [1.54, 1.807) is 20.8 Å². The van der Waals surface area contributed by atoms with Crippen LogP contribution in [0.1, 0.15) is 57.0 Å². The van der Waals surface area contributed by atoms with Crippen LogP contribution >= 0.6 is 0 Å². The molecule has 7 heteroatoms. The second-order valence-electron chi connectivity index (χ2n) is 5.85. The van der Waals surface area contributed by atoms with Crippen LogP contribution in [-0.2, 0) is 0 Å². The molecule has 0 bridgehead atoms. The highest BCUT2D eigenvalue weighted by Gasteiger charge is 2.12. The third-order valence-corrected chi connectivity index (χ3v) is 3.62. The molecule has 0 radical (unpaired) electrons. The molecule has 0 saturated heterocycles. The van der Waals surface area contributed by atoms with E-state index in [4.69, 9.17) is 0 Å². The smallest absolute Gasteiger partial charge is 0.355 e. The molecule has 2 aromatic rings. The van der Waals surface area contributed by atoms with Gasteiger partial charge in [-0.15, -0.1) is 0 Å². The summed E-state index contributed by atoms with van der Waals surface area (Å²) in [7, 11) is 0. The second kappa shape index (κ2) is 6.78. The number of aliphatic hydroxyl groups excluding tert-OH is 1. The highest BCUT2D eigenvalue weighted by Crippen LogP contribution is 2.20. The fraction of sp³-hybridized carbons (Fsp3) is 0.438. The molecule has 2 rings (SSSR count). The lowest BCUT2D eigenvalue weighted by molar-refractivity contribution is 0.199. The van der Waals surface area contributed by atoms with E-state index in [0.717, 1.165) is 15.7 Å². The van der Waals surface area contributed by atoms with Crippen molar-refractivity contribution in [2.75, 3.05) is 5.32 Å². The summed E-state index contributed by atoms with van der Waals surface area (Å²) >= 11 is 0. The number of rotatable bonds is 5. The number of aliphatic hydroxyl groups is 1. The monoisotopic (exact) mass is 318 g/mol. The van der Waals surface area contributed by atoms with Crippen LogP contribution in [0.5, 0.6) is 0 Å². The standard InChI is InChI=1S/C16H22N4O3/c1-9(2)20-15(22)18-14(19-16(20)23)17-10(3)12-6-5-7-13(8-12)11(4)21/h5-11,21H,1-4H3,(H2,17,18,19,22,23)/t10-,11-/m0/s1. The molecule has 1 heterocycles. The first-order valence-corrected chi connectivity index (χ1v) is 7.57. The quantitative estimate of drug-likeness (QED) is 0.779. The van der Waals surface area contributed by atoms with Crippen molar-refractivity contribution >= 4 is 5.95 Å². The van der Waals surface area contributed by atoms with Gasteiger partial charge in [-0.3, -0.25) is 4.98 Å². The van der Waals surface area contributed by atoms with Crippen LogP contribution in [0.25, 0.3) is 0 Å². The minimum Gasteiger partial charge on any atom is -0.389 e. The highest BCUT2D eigenvalue weighted by atomic mass is 16.3. The number of nitrogens with zero attached hydrogens (tertiary/aromatic N) is 2. The summed E-state index contributed by atoms with van der Waals surface area (Å²) in [6.45, 7) is 7.07. The molecule has 0 saturated carbocycles. The van der Waals surface area contributed by atoms with E-state index in [0.29, 0.717) is 0 Å². The van der Waals surface area contributed by atoms with Gasteiger partial charge in [-0.1, -0.05) is 24.3 Å². The number of anilines is 1. The second-order valence-corrected chi connectivity index (χ2v) is 5.85. The zero-order valence-electron chi connectivity index (χ0n) is 13.7. The number of aromatic nitrogens is 3. The number of hydrogen-bond acceptors (Lipinski definition) is 5. The van der Waals surface area contributed by atoms with Crippen molar-refractivity contribution in [1.29, 1.82) is 0 Å². The van der Waals surface area contributed by atoms with Crippen molar-refractivity contribution in [1.82, 2.24) is 14.5 Å². The van der Waals surface area contributed by atoms with E-state index in [1.807, 2.05) is 31.2 Å². The SMILES string of the molecule is CC(C)n1c(=O)nc(N[C@@H](C)c2cccc([C@H](C)O)c2)[nH]c1=O. The summed E-state index contributed by atoms with van der Waals surface area (Å²) < 4.78 is 1.06. The van der Waals surface area contributed by atoms with E-state index in [9.17, 15) is 14.7 Å². The Labute approximate surface area is 134 Å². The molecule has 3 N–H and O–H groups in total. The Hall–Kier alpha value is -2.41.